The Hall–Kier alpha value is -1.79. The molecule has 1 aromatic carbocycles. The molecule has 0 spiro atoms. The van der Waals surface area contributed by atoms with Crippen molar-refractivity contribution in [2.24, 2.45) is 11.7 Å². The molecule has 1 aromatic rings. The SMILES string of the molecule is COc1ccc(NC(=O)CCCCCCN)cc1NC(=O)C1CCCCC1.Cl. The molecule has 6 nitrogen and oxygen atoms in total. The second-order valence-corrected chi connectivity index (χ2v) is 7.24. The zero-order chi connectivity index (χ0) is 19.5. The minimum absolute atomic E-state index is 0. The number of nitrogens with one attached hydrogen (secondary N) is 2. The van der Waals surface area contributed by atoms with Crippen LogP contribution in [0.15, 0.2) is 18.2 Å². The first kappa shape index (κ1) is 24.2. The van der Waals surface area contributed by atoms with Crippen LogP contribution in [0.5, 0.6) is 5.75 Å². The highest BCUT2D eigenvalue weighted by Crippen LogP contribution is 2.30. The third-order valence-corrected chi connectivity index (χ3v) is 5.08. The number of halogens is 1. The third-order valence-electron chi connectivity index (χ3n) is 5.08. The van der Waals surface area contributed by atoms with Crippen LogP contribution in [0.1, 0.15) is 64.2 Å². The van der Waals surface area contributed by atoms with E-state index >= 15 is 0 Å². The number of anilines is 2. The van der Waals surface area contributed by atoms with Crippen molar-refractivity contribution >= 4 is 35.6 Å². The fraction of sp³-hybridized carbons (Fsp3) is 0.619. The van der Waals surface area contributed by atoms with E-state index < -0.39 is 0 Å². The van der Waals surface area contributed by atoms with Gasteiger partial charge in [-0.1, -0.05) is 32.1 Å². The Bertz CT molecular complexity index is 619. The van der Waals surface area contributed by atoms with Crippen LogP contribution in [0.3, 0.4) is 0 Å². The summed E-state index contributed by atoms with van der Waals surface area (Å²) in [5, 5.41) is 5.89. The van der Waals surface area contributed by atoms with Crippen LogP contribution in [0.25, 0.3) is 0 Å². The molecule has 0 saturated heterocycles. The van der Waals surface area contributed by atoms with Crippen molar-refractivity contribution in [2.75, 3.05) is 24.3 Å². The van der Waals surface area contributed by atoms with Crippen molar-refractivity contribution in [2.45, 2.75) is 64.2 Å². The number of carbonyl (C=O) groups excluding carboxylic acids is 2. The van der Waals surface area contributed by atoms with Gasteiger partial charge in [-0.2, -0.15) is 0 Å². The standard InChI is InChI=1S/C21H33N3O3.ClH/c1-27-19-13-12-17(23-20(25)11-7-2-3-8-14-22)15-18(19)24-21(26)16-9-5-4-6-10-16;/h12-13,15-16H,2-11,14,22H2,1H3,(H,23,25)(H,24,26);1H. The summed E-state index contributed by atoms with van der Waals surface area (Å²) in [5.74, 6) is 0.683. The summed E-state index contributed by atoms with van der Waals surface area (Å²) in [6.07, 6.45) is 9.72. The van der Waals surface area contributed by atoms with Crippen molar-refractivity contribution in [3.8, 4) is 5.75 Å². The molecule has 7 heteroatoms. The van der Waals surface area contributed by atoms with Crippen molar-refractivity contribution in [1.29, 1.82) is 0 Å². The van der Waals surface area contributed by atoms with E-state index in [1.54, 1.807) is 25.3 Å². The highest BCUT2D eigenvalue weighted by Gasteiger charge is 2.22. The van der Waals surface area contributed by atoms with Gasteiger partial charge in [-0.25, -0.2) is 0 Å². The lowest BCUT2D eigenvalue weighted by atomic mass is 9.88. The Morgan fingerprint density at radius 3 is 2.46 bits per heavy atom. The molecular formula is C21H34ClN3O3. The van der Waals surface area contributed by atoms with Gasteiger partial charge in [0.1, 0.15) is 5.75 Å². The molecule has 0 aromatic heterocycles. The van der Waals surface area contributed by atoms with Gasteiger partial charge in [-0.15, -0.1) is 12.4 Å². The van der Waals surface area contributed by atoms with Crippen molar-refractivity contribution in [3.05, 3.63) is 18.2 Å². The zero-order valence-corrected chi connectivity index (χ0v) is 17.6. The third kappa shape index (κ3) is 8.07. The zero-order valence-electron chi connectivity index (χ0n) is 16.8. The Morgan fingerprint density at radius 2 is 1.79 bits per heavy atom. The molecule has 2 amide bonds. The number of methoxy groups -OCH3 is 1. The van der Waals surface area contributed by atoms with Crippen LogP contribution >= 0.6 is 12.4 Å². The number of rotatable bonds is 10. The van der Waals surface area contributed by atoms with E-state index in [0.29, 0.717) is 30.1 Å². The molecule has 0 atom stereocenters. The predicted molar refractivity (Wildman–Crippen MR) is 116 cm³/mol. The van der Waals surface area contributed by atoms with Crippen LogP contribution in [0.2, 0.25) is 0 Å². The number of ether oxygens (including phenoxy) is 1. The monoisotopic (exact) mass is 411 g/mol. The molecule has 0 unspecified atom stereocenters. The molecule has 0 bridgehead atoms. The van der Waals surface area contributed by atoms with E-state index in [4.69, 9.17) is 10.5 Å². The van der Waals surface area contributed by atoms with Gasteiger partial charge in [0.2, 0.25) is 11.8 Å². The van der Waals surface area contributed by atoms with Gasteiger partial charge in [-0.05, 0) is 50.4 Å². The lowest BCUT2D eigenvalue weighted by molar-refractivity contribution is -0.120. The van der Waals surface area contributed by atoms with Crippen molar-refractivity contribution < 1.29 is 14.3 Å². The number of hydrogen-bond donors (Lipinski definition) is 3. The van der Waals surface area contributed by atoms with Crippen LogP contribution in [-0.4, -0.2) is 25.5 Å². The molecule has 1 fully saturated rings. The highest BCUT2D eigenvalue weighted by atomic mass is 35.5. The summed E-state index contributed by atoms with van der Waals surface area (Å²) in [4.78, 5) is 24.7. The largest absolute Gasteiger partial charge is 0.495 e. The molecule has 0 radical (unpaired) electrons. The number of amides is 2. The van der Waals surface area contributed by atoms with Gasteiger partial charge in [0.15, 0.2) is 0 Å². The minimum Gasteiger partial charge on any atom is -0.495 e. The summed E-state index contributed by atoms with van der Waals surface area (Å²) >= 11 is 0. The fourth-order valence-electron chi connectivity index (χ4n) is 3.49. The molecular weight excluding hydrogens is 378 g/mol. The maximum absolute atomic E-state index is 12.5. The first-order chi connectivity index (χ1) is 13.1. The maximum Gasteiger partial charge on any atom is 0.227 e. The summed E-state index contributed by atoms with van der Waals surface area (Å²) in [6, 6.07) is 5.33. The molecule has 158 valence electrons. The molecule has 1 aliphatic carbocycles. The van der Waals surface area contributed by atoms with E-state index in [1.807, 2.05) is 0 Å². The number of unbranched alkanes of at least 4 members (excludes halogenated alkanes) is 3. The van der Waals surface area contributed by atoms with Gasteiger partial charge in [0.05, 0.1) is 12.8 Å². The first-order valence-corrected chi connectivity index (χ1v) is 10.1. The number of hydrogen-bond acceptors (Lipinski definition) is 4. The van der Waals surface area contributed by atoms with Gasteiger partial charge >= 0.3 is 0 Å². The Labute approximate surface area is 174 Å². The second-order valence-electron chi connectivity index (χ2n) is 7.24. The highest BCUT2D eigenvalue weighted by molar-refractivity contribution is 5.96. The van der Waals surface area contributed by atoms with Gasteiger partial charge in [0.25, 0.3) is 0 Å². The van der Waals surface area contributed by atoms with Crippen molar-refractivity contribution in [1.82, 2.24) is 0 Å². The molecule has 0 heterocycles. The maximum atomic E-state index is 12.5. The van der Waals surface area contributed by atoms with Crippen LogP contribution in [0.4, 0.5) is 11.4 Å². The quantitative estimate of drug-likeness (QED) is 0.494. The summed E-state index contributed by atoms with van der Waals surface area (Å²) in [5.41, 5.74) is 6.75. The van der Waals surface area contributed by atoms with Crippen LogP contribution < -0.4 is 21.1 Å². The topological polar surface area (TPSA) is 93.4 Å². The second kappa shape index (κ2) is 13.4. The Kier molecular flexibility index (Phi) is 11.6. The number of nitrogens with two attached hydrogens (primary N) is 1. The van der Waals surface area contributed by atoms with E-state index in [9.17, 15) is 9.59 Å². The molecule has 28 heavy (non-hydrogen) atoms. The lowest BCUT2D eigenvalue weighted by Gasteiger charge is -2.21. The van der Waals surface area contributed by atoms with Gasteiger partial charge in [0, 0.05) is 18.0 Å². The predicted octanol–water partition coefficient (Wildman–Crippen LogP) is 4.48. The van der Waals surface area contributed by atoms with Gasteiger partial charge < -0.3 is 21.1 Å². The first-order valence-electron chi connectivity index (χ1n) is 10.1. The molecule has 0 aliphatic heterocycles. The van der Waals surface area contributed by atoms with E-state index in [2.05, 4.69) is 10.6 Å². The Morgan fingerprint density at radius 1 is 1.07 bits per heavy atom. The summed E-state index contributed by atoms with van der Waals surface area (Å²) in [7, 11) is 1.57. The smallest absolute Gasteiger partial charge is 0.227 e. The Balaban J connectivity index is 0.00000392. The average molecular weight is 412 g/mol. The lowest BCUT2D eigenvalue weighted by Crippen LogP contribution is -2.25. The normalized spacial score (nSPS) is 14.1. The molecule has 2 rings (SSSR count). The van der Waals surface area contributed by atoms with E-state index in [-0.39, 0.29) is 30.1 Å². The van der Waals surface area contributed by atoms with Crippen molar-refractivity contribution in [3.63, 3.8) is 0 Å². The average Bonchev–Trinajstić information content (AvgIpc) is 2.68. The number of carbonyl (C=O) groups is 2. The molecule has 1 saturated carbocycles. The fourth-order valence-corrected chi connectivity index (χ4v) is 3.49. The molecule has 1 aliphatic rings. The van der Waals surface area contributed by atoms with Crippen LogP contribution in [-0.2, 0) is 9.59 Å². The van der Waals surface area contributed by atoms with Gasteiger partial charge in [-0.3, -0.25) is 9.59 Å². The minimum atomic E-state index is -0.0162. The van der Waals surface area contributed by atoms with Crippen LogP contribution in [0, 0.1) is 5.92 Å². The van der Waals surface area contributed by atoms with E-state index in [1.165, 1.54) is 6.42 Å². The summed E-state index contributed by atoms with van der Waals surface area (Å²) < 4.78 is 5.36. The molecule has 4 N–H and O–H groups in total. The van der Waals surface area contributed by atoms with E-state index in [0.717, 1.165) is 51.4 Å². The number of benzene rings is 1. The summed E-state index contributed by atoms with van der Waals surface area (Å²) in [6.45, 7) is 0.702.